The van der Waals surface area contributed by atoms with E-state index >= 15 is 0 Å². The molecule has 1 aromatic carbocycles. The third-order valence-corrected chi connectivity index (χ3v) is 5.03. The first-order valence-corrected chi connectivity index (χ1v) is 8.52. The van der Waals surface area contributed by atoms with E-state index in [1.54, 1.807) is 0 Å². The highest BCUT2D eigenvalue weighted by atomic mass is 16.1. The molecule has 114 valence electrons. The minimum atomic E-state index is 0.0485. The molecule has 1 saturated heterocycles. The highest BCUT2D eigenvalue weighted by molar-refractivity contribution is 6.00. The van der Waals surface area contributed by atoms with Crippen molar-refractivity contribution in [1.82, 2.24) is 5.32 Å². The molecule has 2 fully saturated rings. The monoisotopic (exact) mass is 285 g/mol. The molecule has 0 radical (unpaired) electrons. The second kappa shape index (κ2) is 6.31. The van der Waals surface area contributed by atoms with E-state index in [2.05, 4.69) is 31.3 Å². The molecule has 0 bridgehead atoms. The molecule has 3 rings (SSSR count). The molecular formula is C19H27NO. The molecule has 1 aliphatic carbocycles. The van der Waals surface area contributed by atoms with Crippen molar-refractivity contribution in [1.29, 1.82) is 0 Å². The van der Waals surface area contributed by atoms with Gasteiger partial charge in [0.05, 0.1) is 6.04 Å². The summed E-state index contributed by atoms with van der Waals surface area (Å²) in [4.78, 5) is 12.8. The first-order chi connectivity index (χ1) is 10.1. The summed E-state index contributed by atoms with van der Waals surface area (Å²) in [6, 6.07) is 8.90. The zero-order valence-electron chi connectivity index (χ0n) is 13.3. The maximum absolute atomic E-state index is 12.8. The summed E-state index contributed by atoms with van der Waals surface area (Å²) in [5, 5.41) is 3.60. The second-order valence-corrected chi connectivity index (χ2v) is 7.27. The molecule has 1 N–H and O–H groups in total. The summed E-state index contributed by atoms with van der Waals surface area (Å²) < 4.78 is 0. The topological polar surface area (TPSA) is 29.1 Å². The maximum atomic E-state index is 12.8. The van der Waals surface area contributed by atoms with Crippen molar-refractivity contribution in [3.63, 3.8) is 0 Å². The maximum Gasteiger partial charge on any atom is 0.179 e. The molecule has 3 atom stereocenters. The molecule has 1 saturated carbocycles. The summed E-state index contributed by atoms with van der Waals surface area (Å²) in [6.45, 7) is 4.44. The van der Waals surface area contributed by atoms with E-state index in [1.165, 1.54) is 31.2 Å². The number of carbonyl (C=O) groups excluding carboxylic acids is 1. The molecule has 1 aromatic rings. The fourth-order valence-corrected chi connectivity index (χ4v) is 4.05. The van der Waals surface area contributed by atoms with Gasteiger partial charge in [0.15, 0.2) is 5.78 Å². The molecular weight excluding hydrogens is 258 g/mol. The summed E-state index contributed by atoms with van der Waals surface area (Å²) in [7, 11) is 0. The van der Waals surface area contributed by atoms with Crippen LogP contribution in [0.15, 0.2) is 24.3 Å². The summed E-state index contributed by atoms with van der Waals surface area (Å²) in [5.74, 6) is 1.66. The van der Waals surface area contributed by atoms with Crippen LogP contribution in [-0.2, 0) is 6.42 Å². The summed E-state index contributed by atoms with van der Waals surface area (Å²) in [6.07, 6.45) is 7.30. The fourth-order valence-electron chi connectivity index (χ4n) is 4.05. The van der Waals surface area contributed by atoms with Crippen molar-refractivity contribution in [2.45, 2.75) is 64.5 Å². The van der Waals surface area contributed by atoms with Crippen LogP contribution in [0.3, 0.4) is 0 Å². The molecule has 3 unspecified atom stereocenters. The lowest BCUT2D eigenvalue weighted by Gasteiger charge is -2.24. The van der Waals surface area contributed by atoms with Crippen LogP contribution in [0.5, 0.6) is 0 Å². The Hall–Kier alpha value is -1.15. The Kier molecular flexibility index (Phi) is 4.44. The third-order valence-electron chi connectivity index (χ3n) is 5.03. The van der Waals surface area contributed by atoms with E-state index in [9.17, 15) is 4.79 Å². The molecule has 0 aromatic heterocycles. The minimum Gasteiger partial charge on any atom is -0.304 e. The molecule has 1 heterocycles. The number of Topliss-reactive ketones (excluding diaryl/α,β-unsaturated/α-hetero) is 1. The molecule has 2 heteroatoms. The molecule has 0 amide bonds. The number of hydrogen-bond donors (Lipinski definition) is 1. The van der Waals surface area contributed by atoms with Gasteiger partial charge in [0, 0.05) is 11.6 Å². The third kappa shape index (κ3) is 3.37. The molecule has 2 nitrogen and oxygen atoms in total. The summed E-state index contributed by atoms with van der Waals surface area (Å²) in [5.41, 5.74) is 2.18. The number of nitrogens with one attached hydrogen (secondary N) is 1. The molecule has 0 spiro atoms. The van der Waals surface area contributed by atoms with Gasteiger partial charge in [0.2, 0.25) is 0 Å². The van der Waals surface area contributed by atoms with Crippen molar-refractivity contribution >= 4 is 5.78 Å². The molecule has 2 aliphatic rings. The Labute approximate surface area is 128 Å². The van der Waals surface area contributed by atoms with Crippen LogP contribution < -0.4 is 5.32 Å². The average molecular weight is 285 g/mol. The summed E-state index contributed by atoms with van der Waals surface area (Å²) >= 11 is 0. The predicted molar refractivity (Wildman–Crippen MR) is 86.6 cm³/mol. The lowest BCUT2D eigenvalue weighted by molar-refractivity contribution is 0.0949. The van der Waals surface area contributed by atoms with Crippen molar-refractivity contribution < 1.29 is 4.79 Å². The number of rotatable bonds is 4. The van der Waals surface area contributed by atoms with E-state index in [0.717, 1.165) is 24.3 Å². The first-order valence-electron chi connectivity index (χ1n) is 8.52. The van der Waals surface area contributed by atoms with Gasteiger partial charge in [-0.05, 0) is 49.1 Å². The predicted octanol–water partition coefficient (Wildman–Crippen LogP) is 3.99. The lowest BCUT2D eigenvalue weighted by Crippen LogP contribution is -2.37. The number of benzene rings is 1. The van der Waals surface area contributed by atoms with Gasteiger partial charge < -0.3 is 5.32 Å². The number of ketones is 1. The van der Waals surface area contributed by atoms with Crippen LogP contribution in [0.4, 0.5) is 0 Å². The van der Waals surface area contributed by atoms with E-state index in [-0.39, 0.29) is 6.04 Å². The Morgan fingerprint density at radius 1 is 1.29 bits per heavy atom. The van der Waals surface area contributed by atoms with Gasteiger partial charge in [-0.1, -0.05) is 44.9 Å². The Morgan fingerprint density at radius 2 is 2.10 bits per heavy atom. The van der Waals surface area contributed by atoms with Gasteiger partial charge in [-0.25, -0.2) is 0 Å². The van der Waals surface area contributed by atoms with Gasteiger partial charge in [-0.15, -0.1) is 0 Å². The quantitative estimate of drug-likeness (QED) is 0.848. The van der Waals surface area contributed by atoms with Crippen molar-refractivity contribution in [3.8, 4) is 0 Å². The Bertz CT molecular complexity index is 494. The highest BCUT2D eigenvalue weighted by Crippen LogP contribution is 2.34. The van der Waals surface area contributed by atoms with Gasteiger partial charge in [0.1, 0.15) is 0 Å². The van der Waals surface area contributed by atoms with Crippen LogP contribution in [0, 0.1) is 11.8 Å². The zero-order chi connectivity index (χ0) is 14.8. The highest BCUT2D eigenvalue weighted by Gasteiger charge is 2.38. The lowest BCUT2D eigenvalue weighted by atomic mass is 9.84. The van der Waals surface area contributed by atoms with E-state index in [0.29, 0.717) is 17.7 Å². The van der Waals surface area contributed by atoms with Crippen LogP contribution in [0.2, 0.25) is 0 Å². The number of hydrogen-bond acceptors (Lipinski definition) is 2. The zero-order valence-corrected chi connectivity index (χ0v) is 13.3. The first kappa shape index (κ1) is 14.8. The van der Waals surface area contributed by atoms with E-state index < -0.39 is 0 Å². The van der Waals surface area contributed by atoms with Gasteiger partial charge >= 0.3 is 0 Å². The molecule has 1 aliphatic heterocycles. The molecule has 21 heavy (non-hydrogen) atoms. The van der Waals surface area contributed by atoms with Gasteiger partial charge in [-0.3, -0.25) is 4.79 Å². The van der Waals surface area contributed by atoms with Crippen molar-refractivity contribution in [2.75, 3.05) is 0 Å². The van der Waals surface area contributed by atoms with Gasteiger partial charge in [-0.2, -0.15) is 0 Å². The minimum absolute atomic E-state index is 0.0485. The Balaban J connectivity index is 1.70. The normalized spacial score (nSPS) is 28.6. The van der Waals surface area contributed by atoms with E-state index in [4.69, 9.17) is 0 Å². The smallest absolute Gasteiger partial charge is 0.179 e. The van der Waals surface area contributed by atoms with Gasteiger partial charge in [0.25, 0.3) is 0 Å². The standard InChI is InChI=1S/C19H27NO/c1-13(2)10-14-6-5-8-16(11-14)19(21)18-12-15-7-3-4-9-17(15)20-18/h5-6,8,11,13,15,17-18,20H,3-4,7,9-10,12H2,1-2H3. The van der Waals surface area contributed by atoms with Crippen LogP contribution >= 0.6 is 0 Å². The largest absolute Gasteiger partial charge is 0.304 e. The van der Waals surface area contributed by atoms with Crippen molar-refractivity contribution in [3.05, 3.63) is 35.4 Å². The fraction of sp³-hybridized carbons (Fsp3) is 0.632. The number of carbonyl (C=O) groups is 1. The van der Waals surface area contributed by atoms with E-state index in [1.807, 2.05) is 12.1 Å². The number of fused-ring (bicyclic) bond motifs is 1. The van der Waals surface area contributed by atoms with Crippen LogP contribution in [0.25, 0.3) is 0 Å². The second-order valence-electron chi connectivity index (χ2n) is 7.27. The Morgan fingerprint density at radius 3 is 2.86 bits per heavy atom. The SMILES string of the molecule is CC(C)Cc1cccc(C(=O)C2CC3CCCCC3N2)c1. The van der Waals surface area contributed by atoms with Crippen LogP contribution in [0.1, 0.15) is 61.9 Å². The van der Waals surface area contributed by atoms with Crippen LogP contribution in [-0.4, -0.2) is 17.9 Å². The van der Waals surface area contributed by atoms with Crippen molar-refractivity contribution in [2.24, 2.45) is 11.8 Å². The average Bonchev–Trinajstić information content (AvgIpc) is 2.90.